The number of oxazole rings is 1. The summed E-state index contributed by atoms with van der Waals surface area (Å²) >= 11 is 0. The number of aryl methyl sites for hydroxylation is 1. The zero-order chi connectivity index (χ0) is 23.9. The molecule has 0 fully saturated rings. The van der Waals surface area contributed by atoms with Gasteiger partial charge in [0.2, 0.25) is 0 Å². The van der Waals surface area contributed by atoms with Crippen LogP contribution in [0.15, 0.2) is 82.0 Å². The Balaban J connectivity index is 1.35. The molecule has 34 heavy (non-hydrogen) atoms. The average molecular weight is 463 g/mol. The molecule has 0 saturated heterocycles. The summed E-state index contributed by atoms with van der Waals surface area (Å²) in [7, 11) is 1.58. The first-order valence-electron chi connectivity index (χ1n) is 11.5. The van der Waals surface area contributed by atoms with Crippen molar-refractivity contribution in [2.45, 2.75) is 38.1 Å². The maximum atomic E-state index is 12.4. The maximum absolute atomic E-state index is 12.4. The van der Waals surface area contributed by atoms with Gasteiger partial charge in [-0.1, -0.05) is 55.0 Å². The van der Waals surface area contributed by atoms with Gasteiger partial charge in [0, 0.05) is 0 Å². The van der Waals surface area contributed by atoms with Crippen molar-refractivity contribution in [3.05, 3.63) is 100 Å². The molecule has 0 aliphatic carbocycles. The van der Waals surface area contributed by atoms with E-state index in [1.165, 1.54) is 10.1 Å². The van der Waals surface area contributed by atoms with E-state index in [0.29, 0.717) is 34.5 Å². The molecular formula is C27H30N2O5. The molecule has 0 bridgehead atoms. The summed E-state index contributed by atoms with van der Waals surface area (Å²) in [5.74, 6) is 0.0438. The van der Waals surface area contributed by atoms with Crippen molar-refractivity contribution in [3.63, 3.8) is 0 Å². The van der Waals surface area contributed by atoms with Crippen LogP contribution in [0.1, 0.15) is 48.4 Å². The van der Waals surface area contributed by atoms with Crippen LogP contribution in [-0.4, -0.2) is 28.4 Å². The summed E-state index contributed by atoms with van der Waals surface area (Å²) in [6.45, 7) is 0.573. The fourth-order valence-corrected chi connectivity index (χ4v) is 4.03. The average Bonchev–Trinajstić information content (AvgIpc) is 3.21. The second-order valence-corrected chi connectivity index (χ2v) is 8.26. The number of fused-ring (bicyclic) bond motifs is 1. The lowest BCUT2D eigenvalue weighted by atomic mass is 10.0. The largest absolute Gasteiger partial charge is 0.497 e. The van der Waals surface area contributed by atoms with Crippen LogP contribution in [0.25, 0.3) is 11.1 Å². The Hall–Kier alpha value is -3.39. The number of aromatic nitrogens is 1. The first kappa shape index (κ1) is 23.8. The molecule has 0 aliphatic heterocycles. The summed E-state index contributed by atoms with van der Waals surface area (Å²) in [5.41, 5.74) is 3.36. The Morgan fingerprint density at radius 2 is 1.68 bits per heavy atom. The standard InChI is InChI=1S/C27H30N2O5/c1-33-22-14-11-20(12-15-22)25(30)21-13-16-23-24(18-21)34-27(32)29(23)26(31)28-17-7-3-6-10-19-8-4-2-5-9-19/h2,4-5,8-9,11-16,18,25-26,28,30-31H,3,6-7,10,17H2,1H3. The lowest BCUT2D eigenvalue weighted by Gasteiger charge is -2.14. The normalized spacial score (nSPS) is 13.1. The fourth-order valence-electron chi connectivity index (χ4n) is 4.03. The van der Waals surface area contributed by atoms with E-state index >= 15 is 0 Å². The highest BCUT2D eigenvalue weighted by molar-refractivity contribution is 5.74. The molecule has 2 unspecified atom stereocenters. The third-order valence-electron chi connectivity index (χ3n) is 5.94. The van der Waals surface area contributed by atoms with Crippen LogP contribution >= 0.6 is 0 Å². The number of hydrogen-bond donors (Lipinski definition) is 3. The number of aliphatic hydroxyl groups excluding tert-OH is 2. The van der Waals surface area contributed by atoms with Crippen molar-refractivity contribution in [2.75, 3.05) is 13.7 Å². The molecule has 7 nitrogen and oxygen atoms in total. The maximum Gasteiger partial charge on any atom is 0.423 e. The molecule has 1 heterocycles. The lowest BCUT2D eigenvalue weighted by Crippen LogP contribution is -2.32. The monoisotopic (exact) mass is 462 g/mol. The van der Waals surface area contributed by atoms with E-state index in [1.54, 1.807) is 49.6 Å². The third kappa shape index (κ3) is 5.56. The quantitative estimate of drug-likeness (QED) is 0.229. The first-order chi connectivity index (χ1) is 16.6. The number of benzene rings is 3. The molecule has 0 aliphatic rings. The van der Waals surface area contributed by atoms with Gasteiger partial charge < -0.3 is 19.4 Å². The topological polar surface area (TPSA) is 96.9 Å². The third-order valence-corrected chi connectivity index (χ3v) is 5.94. The van der Waals surface area contributed by atoms with Gasteiger partial charge in [-0.25, -0.2) is 9.36 Å². The van der Waals surface area contributed by atoms with Crippen LogP contribution < -0.4 is 15.8 Å². The number of methoxy groups -OCH3 is 1. The highest BCUT2D eigenvalue weighted by atomic mass is 16.5. The molecular weight excluding hydrogens is 432 g/mol. The molecule has 0 saturated carbocycles. The minimum Gasteiger partial charge on any atom is -0.497 e. The van der Waals surface area contributed by atoms with Gasteiger partial charge in [-0.05, 0) is 66.8 Å². The zero-order valence-electron chi connectivity index (χ0n) is 19.2. The van der Waals surface area contributed by atoms with Crippen LogP contribution in [0, 0.1) is 0 Å². The Bertz CT molecular complexity index is 1250. The smallest absolute Gasteiger partial charge is 0.423 e. The Kier molecular flexibility index (Phi) is 7.80. The minimum atomic E-state index is -1.19. The second kappa shape index (κ2) is 11.2. The molecule has 1 aromatic heterocycles. The van der Waals surface area contributed by atoms with E-state index in [2.05, 4.69) is 17.4 Å². The van der Waals surface area contributed by atoms with E-state index in [1.807, 2.05) is 18.2 Å². The number of unbranched alkanes of at least 4 members (excludes halogenated alkanes) is 2. The second-order valence-electron chi connectivity index (χ2n) is 8.26. The zero-order valence-corrected chi connectivity index (χ0v) is 19.2. The van der Waals surface area contributed by atoms with E-state index in [4.69, 9.17) is 9.15 Å². The van der Waals surface area contributed by atoms with E-state index in [9.17, 15) is 15.0 Å². The fraction of sp³-hybridized carbons (Fsp3) is 0.296. The predicted molar refractivity (Wildman–Crippen MR) is 131 cm³/mol. The number of nitrogens with one attached hydrogen (secondary N) is 1. The van der Waals surface area contributed by atoms with Gasteiger partial charge in [-0.15, -0.1) is 0 Å². The molecule has 3 N–H and O–H groups in total. The molecule has 2 atom stereocenters. The molecule has 178 valence electrons. The van der Waals surface area contributed by atoms with Gasteiger partial charge in [0.05, 0.1) is 12.6 Å². The molecule has 0 spiro atoms. The number of hydrogen-bond acceptors (Lipinski definition) is 6. The summed E-state index contributed by atoms with van der Waals surface area (Å²) < 4.78 is 11.7. The van der Waals surface area contributed by atoms with Crippen molar-refractivity contribution in [1.82, 2.24) is 9.88 Å². The van der Waals surface area contributed by atoms with Gasteiger partial charge in [0.1, 0.15) is 11.9 Å². The number of rotatable bonds is 11. The first-order valence-corrected chi connectivity index (χ1v) is 11.5. The highest BCUT2D eigenvalue weighted by Gasteiger charge is 2.18. The van der Waals surface area contributed by atoms with Crippen LogP contribution in [0.5, 0.6) is 5.75 Å². The van der Waals surface area contributed by atoms with Crippen LogP contribution in [0.4, 0.5) is 0 Å². The Morgan fingerprint density at radius 3 is 2.41 bits per heavy atom. The van der Waals surface area contributed by atoms with Crippen molar-refractivity contribution in [1.29, 1.82) is 0 Å². The Labute approximate surface area is 198 Å². The number of aliphatic hydroxyl groups is 2. The predicted octanol–water partition coefficient (Wildman–Crippen LogP) is 4.14. The summed E-state index contributed by atoms with van der Waals surface area (Å²) in [6.07, 6.45) is 1.91. The Morgan fingerprint density at radius 1 is 0.941 bits per heavy atom. The molecule has 4 aromatic rings. The molecule has 0 radical (unpaired) electrons. The van der Waals surface area contributed by atoms with Gasteiger partial charge in [0.15, 0.2) is 11.9 Å². The van der Waals surface area contributed by atoms with Gasteiger partial charge >= 0.3 is 5.76 Å². The summed E-state index contributed by atoms with van der Waals surface area (Å²) in [6, 6.07) is 22.5. The van der Waals surface area contributed by atoms with Crippen LogP contribution in [0.2, 0.25) is 0 Å². The van der Waals surface area contributed by atoms with Gasteiger partial charge in [-0.3, -0.25) is 5.32 Å². The number of nitrogens with zero attached hydrogens (tertiary/aromatic N) is 1. The van der Waals surface area contributed by atoms with E-state index in [0.717, 1.165) is 25.7 Å². The van der Waals surface area contributed by atoms with Crippen molar-refractivity contribution in [3.8, 4) is 5.75 Å². The summed E-state index contributed by atoms with van der Waals surface area (Å²) in [4.78, 5) is 12.4. The van der Waals surface area contributed by atoms with Crippen LogP contribution in [-0.2, 0) is 6.42 Å². The van der Waals surface area contributed by atoms with E-state index < -0.39 is 18.2 Å². The minimum absolute atomic E-state index is 0.304. The van der Waals surface area contributed by atoms with Crippen molar-refractivity contribution < 1.29 is 19.4 Å². The van der Waals surface area contributed by atoms with Gasteiger partial charge in [-0.2, -0.15) is 0 Å². The summed E-state index contributed by atoms with van der Waals surface area (Å²) in [5, 5.41) is 24.3. The number of ether oxygens (including phenoxy) is 1. The molecule has 4 rings (SSSR count). The van der Waals surface area contributed by atoms with E-state index in [-0.39, 0.29) is 0 Å². The molecule has 3 aromatic carbocycles. The van der Waals surface area contributed by atoms with Gasteiger partial charge in [0.25, 0.3) is 0 Å². The van der Waals surface area contributed by atoms with Crippen molar-refractivity contribution in [2.24, 2.45) is 0 Å². The van der Waals surface area contributed by atoms with Crippen LogP contribution in [0.3, 0.4) is 0 Å². The lowest BCUT2D eigenvalue weighted by molar-refractivity contribution is 0.0646. The molecule has 0 amide bonds. The van der Waals surface area contributed by atoms with Crippen molar-refractivity contribution >= 4 is 11.1 Å². The SMILES string of the molecule is COc1ccc(C(O)c2ccc3c(c2)oc(=O)n3C(O)NCCCCCc2ccccc2)cc1. The highest BCUT2D eigenvalue weighted by Crippen LogP contribution is 2.27. The molecule has 7 heteroatoms.